The molecule has 1 atom stereocenters. The van der Waals surface area contributed by atoms with Crippen molar-refractivity contribution in [1.82, 2.24) is 0 Å². The van der Waals surface area contributed by atoms with E-state index in [-0.39, 0.29) is 12.8 Å². The molecule has 0 radical (unpaired) electrons. The van der Waals surface area contributed by atoms with E-state index in [1.807, 2.05) is 0 Å². The van der Waals surface area contributed by atoms with Crippen LogP contribution >= 0.6 is 0 Å². The molecule has 1 heterocycles. The van der Waals surface area contributed by atoms with Gasteiger partial charge in [0.2, 0.25) is 0 Å². The summed E-state index contributed by atoms with van der Waals surface area (Å²) in [6.45, 7) is 5.29. The number of nitrogens with zero attached hydrogens (tertiary/aromatic N) is 1. The molecule has 0 fully saturated rings. The zero-order chi connectivity index (χ0) is 13.1. The highest BCUT2D eigenvalue weighted by Crippen LogP contribution is 2.27. The molecule has 0 bridgehead atoms. The number of aliphatic carboxylic acids is 1. The van der Waals surface area contributed by atoms with Gasteiger partial charge in [-0.2, -0.15) is 0 Å². The molecule has 0 saturated carbocycles. The number of carbonyl (C=O) groups excluding carboxylic acids is 1. The molecular formula is C12H17NO4. The molecule has 5 heteroatoms. The lowest BCUT2D eigenvalue weighted by atomic mass is 9.94. The second-order valence-corrected chi connectivity index (χ2v) is 4.96. The maximum atomic E-state index is 12.0. The van der Waals surface area contributed by atoms with Crippen LogP contribution in [0.4, 0.5) is 0 Å². The Kier molecular flexibility index (Phi) is 3.70. The minimum atomic E-state index is -1.16. The molecule has 1 rings (SSSR count). The van der Waals surface area contributed by atoms with Crippen LogP contribution in [0.3, 0.4) is 0 Å². The Morgan fingerprint density at radius 2 is 2.06 bits per heavy atom. The largest absolute Gasteiger partial charge is 0.481 e. The first-order chi connectivity index (χ1) is 7.75. The van der Waals surface area contributed by atoms with Crippen molar-refractivity contribution in [3.05, 3.63) is 12.2 Å². The number of carboxylic acids is 1. The summed E-state index contributed by atoms with van der Waals surface area (Å²) in [5, 5.41) is 8.67. The molecule has 0 aliphatic carbocycles. The molecule has 5 nitrogen and oxygen atoms in total. The highest BCUT2D eigenvalue weighted by Gasteiger charge is 2.40. The molecule has 17 heavy (non-hydrogen) atoms. The van der Waals surface area contributed by atoms with E-state index in [9.17, 15) is 9.59 Å². The van der Waals surface area contributed by atoms with E-state index in [0.717, 1.165) is 0 Å². The van der Waals surface area contributed by atoms with Gasteiger partial charge >= 0.3 is 11.9 Å². The van der Waals surface area contributed by atoms with Crippen LogP contribution in [0.25, 0.3) is 0 Å². The molecule has 0 aromatic carbocycles. The molecule has 0 saturated heterocycles. The van der Waals surface area contributed by atoms with Crippen molar-refractivity contribution in [2.45, 2.75) is 44.8 Å². The van der Waals surface area contributed by atoms with Crippen molar-refractivity contribution >= 4 is 18.2 Å². The number of allylic oxidation sites excluding steroid dienone is 1. The number of aliphatic imine (C=N–C) groups is 1. The monoisotopic (exact) mass is 239 g/mol. The maximum Gasteiger partial charge on any atom is 0.338 e. The van der Waals surface area contributed by atoms with E-state index in [2.05, 4.69) is 4.99 Å². The third-order valence-electron chi connectivity index (χ3n) is 2.24. The predicted molar refractivity (Wildman–Crippen MR) is 63.1 cm³/mol. The summed E-state index contributed by atoms with van der Waals surface area (Å²) >= 11 is 0. The first-order valence-electron chi connectivity index (χ1n) is 5.43. The van der Waals surface area contributed by atoms with Gasteiger partial charge in [-0.05, 0) is 39.3 Å². The van der Waals surface area contributed by atoms with Crippen molar-refractivity contribution in [3.8, 4) is 0 Å². The molecular weight excluding hydrogens is 222 g/mol. The highest BCUT2D eigenvalue weighted by atomic mass is 16.6. The number of hydrogen-bond acceptors (Lipinski definition) is 4. The van der Waals surface area contributed by atoms with E-state index >= 15 is 0 Å². The van der Waals surface area contributed by atoms with Gasteiger partial charge in [0, 0.05) is 12.6 Å². The normalized spacial score (nSPS) is 22.8. The van der Waals surface area contributed by atoms with Crippen LogP contribution in [0.2, 0.25) is 0 Å². The molecule has 94 valence electrons. The second kappa shape index (κ2) is 4.69. The van der Waals surface area contributed by atoms with E-state index in [4.69, 9.17) is 9.84 Å². The molecule has 1 aliphatic heterocycles. The molecule has 1 unspecified atom stereocenters. The van der Waals surface area contributed by atoms with Gasteiger partial charge in [-0.25, -0.2) is 4.79 Å². The quantitative estimate of drug-likeness (QED) is 0.755. The number of rotatable bonds is 4. The van der Waals surface area contributed by atoms with E-state index in [1.54, 1.807) is 32.9 Å². The average molecular weight is 239 g/mol. The van der Waals surface area contributed by atoms with Crippen molar-refractivity contribution < 1.29 is 19.4 Å². The Morgan fingerprint density at radius 3 is 2.47 bits per heavy atom. The van der Waals surface area contributed by atoms with Gasteiger partial charge in [-0.1, -0.05) is 0 Å². The first-order valence-corrected chi connectivity index (χ1v) is 5.43. The number of ether oxygens (including phenoxy) is 1. The number of carbonyl (C=O) groups is 2. The smallest absolute Gasteiger partial charge is 0.338 e. The lowest BCUT2D eigenvalue weighted by molar-refractivity contribution is -0.159. The fourth-order valence-corrected chi connectivity index (χ4v) is 1.46. The van der Waals surface area contributed by atoms with E-state index in [1.165, 1.54) is 6.21 Å². The highest BCUT2D eigenvalue weighted by molar-refractivity contribution is 5.91. The van der Waals surface area contributed by atoms with Crippen molar-refractivity contribution in [1.29, 1.82) is 0 Å². The van der Waals surface area contributed by atoms with E-state index < -0.39 is 23.1 Å². The zero-order valence-corrected chi connectivity index (χ0v) is 10.3. The first kappa shape index (κ1) is 13.4. The SMILES string of the molecule is CC(C)(C)OC(=O)C1(CCC(=O)O)C=CC=N1. The van der Waals surface area contributed by atoms with Crippen molar-refractivity contribution in [2.75, 3.05) is 0 Å². The van der Waals surface area contributed by atoms with Gasteiger partial charge in [-0.3, -0.25) is 9.79 Å². The lowest BCUT2D eigenvalue weighted by Crippen LogP contribution is -2.40. The Bertz CT molecular complexity index is 364. The molecule has 0 aromatic heterocycles. The number of carboxylic acid groups (broad SMARTS) is 1. The van der Waals surface area contributed by atoms with Crippen molar-refractivity contribution in [3.63, 3.8) is 0 Å². The van der Waals surface area contributed by atoms with Crippen molar-refractivity contribution in [2.24, 2.45) is 4.99 Å². The maximum absolute atomic E-state index is 12.0. The topological polar surface area (TPSA) is 76.0 Å². The lowest BCUT2D eigenvalue weighted by Gasteiger charge is -2.27. The molecule has 0 aromatic rings. The minimum Gasteiger partial charge on any atom is -0.481 e. The number of esters is 1. The summed E-state index contributed by atoms with van der Waals surface area (Å²) in [7, 11) is 0. The Balaban J connectivity index is 2.79. The summed E-state index contributed by atoms with van der Waals surface area (Å²) in [5.74, 6) is -1.46. The van der Waals surface area contributed by atoms with Crippen LogP contribution in [0.1, 0.15) is 33.6 Å². The summed E-state index contributed by atoms with van der Waals surface area (Å²) in [5.41, 5.74) is -1.77. The van der Waals surface area contributed by atoms with Gasteiger partial charge < -0.3 is 9.84 Å². The fourth-order valence-electron chi connectivity index (χ4n) is 1.46. The zero-order valence-electron chi connectivity index (χ0n) is 10.3. The molecule has 0 amide bonds. The third-order valence-corrected chi connectivity index (χ3v) is 2.24. The van der Waals surface area contributed by atoms with Gasteiger partial charge in [0.15, 0.2) is 5.54 Å². The standard InChI is InChI=1S/C12H17NO4/c1-11(2,3)17-10(16)12(6-4-8-13-12)7-5-9(14)15/h4,6,8H,5,7H2,1-3H3,(H,14,15). The number of hydrogen-bond donors (Lipinski definition) is 1. The minimum absolute atomic E-state index is 0.115. The molecule has 1 aliphatic rings. The van der Waals surface area contributed by atoms with Crippen LogP contribution < -0.4 is 0 Å². The van der Waals surface area contributed by atoms with Crippen LogP contribution in [-0.2, 0) is 14.3 Å². The summed E-state index contributed by atoms with van der Waals surface area (Å²) in [4.78, 5) is 26.6. The van der Waals surface area contributed by atoms with Crippen LogP contribution in [-0.4, -0.2) is 34.4 Å². The van der Waals surface area contributed by atoms with Gasteiger partial charge in [-0.15, -0.1) is 0 Å². The average Bonchev–Trinajstić information content (AvgIpc) is 2.61. The fraction of sp³-hybridized carbons (Fsp3) is 0.583. The van der Waals surface area contributed by atoms with Gasteiger partial charge in [0.25, 0.3) is 0 Å². The summed E-state index contributed by atoms with van der Waals surface area (Å²) in [6.07, 6.45) is 4.70. The Hall–Kier alpha value is -1.65. The predicted octanol–water partition coefficient (Wildman–Crippen LogP) is 1.57. The Labute approximate surface area is 100 Å². The second-order valence-electron chi connectivity index (χ2n) is 4.96. The van der Waals surface area contributed by atoms with Crippen LogP contribution in [0.15, 0.2) is 17.1 Å². The van der Waals surface area contributed by atoms with E-state index in [0.29, 0.717) is 0 Å². The summed E-state index contributed by atoms with van der Waals surface area (Å²) in [6, 6.07) is 0. The molecule has 1 N–H and O–H groups in total. The van der Waals surface area contributed by atoms with Gasteiger partial charge in [0.1, 0.15) is 5.60 Å². The molecule has 0 spiro atoms. The Morgan fingerprint density at radius 1 is 1.41 bits per heavy atom. The van der Waals surface area contributed by atoms with Crippen LogP contribution in [0, 0.1) is 0 Å². The van der Waals surface area contributed by atoms with Crippen LogP contribution in [0.5, 0.6) is 0 Å². The van der Waals surface area contributed by atoms with Gasteiger partial charge in [0.05, 0.1) is 0 Å². The summed E-state index contributed by atoms with van der Waals surface area (Å²) < 4.78 is 5.26. The third kappa shape index (κ3) is 3.69.